The van der Waals surface area contributed by atoms with E-state index in [1.165, 1.54) is 5.70 Å². The van der Waals surface area contributed by atoms with Gasteiger partial charge in [0.05, 0.1) is 0 Å². The minimum absolute atomic E-state index is 0.0306. The quantitative estimate of drug-likeness (QED) is 0.485. The van der Waals surface area contributed by atoms with Gasteiger partial charge in [-0.3, -0.25) is 0 Å². The molecule has 0 amide bonds. The molecule has 0 fully saturated rings. The van der Waals surface area contributed by atoms with Crippen LogP contribution in [0, 0.1) is 16.2 Å². The lowest BCUT2D eigenvalue weighted by atomic mass is 9.67. The molecule has 23 heavy (non-hydrogen) atoms. The Kier molecular flexibility index (Phi) is 5.15. The van der Waals surface area contributed by atoms with Crippen molar-refractivity contribution in [2.45, 2.75) is 107 Å². The summed E-state index contributed by atoms with van der Waals surface area (Å²) in [6.45, 7) is 26.6. The fraction of sp³-hybridized carbons (Fsp3) is 0.905. The van der Waals surface area contributed by atoms with Crippen molar-refractivity contribution < 1.29 is 4.39 Å². The van der Waals surface area contributed by atoms with Crippen molar-refractivity contribution in [3.63, 3.8) is 0 Å². The van der Waals surface area contributed by atoms with Crippen molar-refractivity contribution in [2.75, 3.05) is 0 Å². The number of hydrogen-bond donors (Lipinski definition) is 0. The summed E-state index contributed by atoms with van der Waals surface area (Å²) in [7, 11) is 0. The van der Waals surface area contributed by atoms with E-state index in [1.807, 2.05) is 0 Å². The van der Waals surface area contributed by atoms with Gasteiger partial charge in [-0.25, -0.2) is 4.39 Å². The fourth-order valence-electron chi connectivity index (χ4n) is 3.99. The smallest absolute Gasteiger partial charge is 0.126 e. The standard InChI is InChI=1S/C21H40FN/c1-18(2,3)15-13-14(22)16(19(4,5)6)17(20(7,8)9)23(15)21(10,11)12/h14-15H,13H2,1-12H3. The third kappa shape index (κ3) is 4.31. The molecule has 0 bridgehead atoms. The van der Waals surface area contributed by atoms with Crippen molar-refractivity contribution in [1.29, 1.82) is 0 Å². The summed E-state index contributed by atoms with van der Waals surface area (Å²) in [5.41, 5.74) is 1.99. The molecule has 0 N–H and O–H groups in total. The van der Waals surface area contributed by atoms with Crippen LogP contribution in [0.25, 0.3) is 0 Å². The van der Waals surface area contributed by atoms with Gasteiger partial charge >= 0.3 is 0 Å². The van der Waals surface area contributed by atoms with Gasteiger partial charge in [-0.15, -0.1) is 0 Å². The topological polar surface area (TPSA) is 3.24 Å². The van der Waals surface area contributed by atoms with Gasteiger partial charge in [0.15, 0.2) is 0 Å². The lowest BCUT2D eigenvalue weighted by molar-refractivity contribution is -0.00195. The van der Waals surface area contributed by atoms with Gasteiger partial charge in [-0.2, -0.15) is 0 Å². The van der Waals surface area contributed by atoms with Gasteiger partial charge in [0, 0.05) is 29.1 Å². The van der Waals surface area contributed by atoms with Crippen molar-refractivity contribution in [3.8, 4) is 0 Å². The molecule has 2 unspecified atom stereocenters. The van der Waals surface area contributed by atoms with E-state index in [0.29, 0.717) is 6.42 Å². The Balaban J connectivity index is 3.78. The minimum atomic E-state index is -0.855. The Morgan fingerprint density at radius 2 is 1.22 bits per heavy atom. The molecule has 0 saturated carbocycles. The van der Waals surface area contributed by atoms with Crippen LogP contribution in [0.1, 0.15) is 89.5 Å². The summed E-state index contributed by atoms with van der Waals surface area (Å²) < 4.78 is 15.4. The Morgan fingerprint density at radius 1 is 0.783 bits per heavy atom. The number of halogens is 1. The second kappa shape index (κ2) is 5.77. The first-order valence-electron chi connectivity index (χ1n) is 9.07. The van der Waals surface area contributed by atoms with Crippen LogP contribution in [-0.2, 0) is 0 Å². The molecule has 1 rings (SSSR count). The molecule has 0 aromatic heterocycles. The number of allylic oxidation sites excluding steroid dienone is 2. The summed E-state index contributed by atoms with van der Waals surface area (Å²) in [6, 6.07) is 0.206. The van der Waals surface area contributed by atoms with Crippen molar-refractivity contribution >= 4 is 0 Å². The Bertz CT molecular complexity index is 460. The number of hydrogen-bond acceptors (Lipinski definition) is 1. The fourth-order valence-corrected chi connectivity index (χ4v) is 3.99. The third-order valence-electron chi connectivity index (χ3n) is 4.79. The Labute approximate surface area is 144 Å². The van der Waals surface area contributed by atoms with Crippen LogP contribution < -0.4 is 0 Å². The van der Waals surface area contributed by atoms with Gasteiger partial charge in [-0.05, 0) is 37.2 Å². The molecular weight excluding hydrogens is 285 g/mol. The van der Waals surface area contributed by atoms with E-state index in [0.717, 1.165) is 5.57 Å². The highest BCUT2D eigenvalue weighted by molar-refractivity contribution is 5.32. The maximum absolute atomic E-state index is 15.4. The molecule has 0 aliphatic carbocycles. The highest BCUT2D eigenvalue weighted by Crippen LogP contribution is 2.51. The molecule has 136 valence electrons. The first kappa shape index (κ1) is 20.5. The van der Waals surface area contributed by atoms with Crippen LogP contribution in [0.4, 0.5) is 4.39 Å². The second-order valence-electron chi connectivity index (χ2n) is 11.4. The van der Waals surface area contributed by atoms with Crippen LogP contribution in [0.5, 0.6) is 0 Å². The van der Waals surface area contributed by atoms with E-state index in [1.54, 1.807) is 0 Å². The van der Waals surface area contributed by atoms with Crippen LogP contribution in [0.15, 0.2) is 11.3 Å². The molecule has 1 heterocycles. The monoisotopic (exact) mass is 325 g/mol. The average Bonchev–Trinajstić information content (AvgIpc) is 2.21. The molecule has 1 aliphatic rings. The summed E-state index contributed by atoms with van der Waals surface area (Å²) in [6.07, 6.45) is -0.264. The van der Waals surface area contributed by atoms with E-state index in [4.69, 9.17) is 0 Å². The maximum atomic E-state index is 15.4. The Morgan fingerprint density at radius 3 is 1.48 bits per heavy atom. The highest BCUT2D eigenvalue weighted by Gasteiger charge is 2.49. The normalized spacial score (nSPS) is 25.2. The van der Waals surface area contributed by atoms with Gasteiger partial charge in [-0.1, -0.05) is 62.3 Å². The van der Waals surface area contributed by atoms with Gasteiger partial charge in [0.1, 0.15) is 6.17 Å². The highest BCUT2D eigenvalue weighted by atomic mass is 19.1. The first-order valence-corrected chi connectivity index (χ1v) is 9.07. The predicted molar refractivity (Wildman–Crippen MR) is 100 cm³/mol. The predicted octanol–water partition coefficient (Wildman–Crippen LogP) is 6.59. The minimum Gasteiger partial charge on any atom is -0.366 e. The van der Waals surface area contributed by atoms with E-state index < -0.39 is 6.17 Å². The zero-order chi connectivity index (χ0) is 18.6. The SMILES string of the molecule is CC(C)(C)C1=C(C(C)(C)C)N(C(C)(C)C)C(C(C)(C)C)CC1F. The largest absolute Gasteiger partial charge is 0.366 e. The molecule has 1 aliphatic heterocycles. The van der Waals surface area contributed by atoms with Gasteiger partial charge in [0.25, 0.3) is 0 Å². The molecule has 0 aromatic rings. The van der Waals surface area contributed by atoms with Crippen molar-refractivity contribution in [1.82, 2.24) is 4.90 Å². The molecular formula is C21H40FN. The lowest BCUT2D eigenvalue weighted by Crippen LogP contribution is -2.59. The van der Waals surface area contributed by atoms with E-state index >= 15 is 4.39 Å². The third-order valence-corrected chi connectivity index (χ3v) is 4.79. The number of nitrogens with zero attached hydrogens (tertiary/aromatic N) is 1. The summed E-state index contributed by atoms with van der Waals surface area (Å²) >= 11 is 0. The molecule has 2 heteroatoms. The van der Waals surface area contributed by atoms with Crippen molar-refractivity contribution in [2.24, 2.45) is 16.2 Å². The number of rotatable bonds is 0. The summed E-state index contributed by atoms with van der Waals surface area (Å²) in [5, 5.41) is 0. The average molecular weight is 326 g/mol. The Hall–Kier alpha value is -0.530. The first-order chi connectivity index (χ1) is 9.88. The zero-order valence-corrected chi connectivity index (χ0v) is 17.7. The van der Waals surface area contributed by atoms with E-state index in [-0.39, 0.29) is 27.8 Å². The molecule has 0 saturated heterocycles. The van der Waals surface area contributed by atoms with E-state index in [2.05, 4.69) is 88.0 Å². The molecule has 0 radical (unpaired) electrons. The van der Waals surface area contributed by atoms with Crippen LogP contribution in [-0.4, -0.2) is 22.7 Å². The van der Waals surface area contributed by atoms with Crippen molar-refractivity contribution in [3.05, 3.63) is 11.3 Å². The second-order valence-corrected chi connectivity index (χ2v) is 11.4. The summed E-state index contributed by atoms with van der Waals surface area (Å²) in [4.78, 5) is 2.55. The maximum Gasteiger partial charge on any atom is 0.126 e. The van der Waals surface area contributed by atoms with Gasteiger partial charge in [0.2, 0.25) is 0 Å². The molecule has 0 spiro atoms. The lowest BCUT2D eigenvalue weighted by Gasteiger charge is -2.57. The number of alkyl halides is 1. The van der Waals surface area contributed by atoms with Gasteiger partial charge < -0.3 is 4.90 Å². The van der Waals surface area contributed by atoms with Crippen LogP contribution in [0.3, 0.4) is 0 Å². The van der Waals surface area contributed by atoms with E-state index in [9.17, 15) is 0 Å². The summed E-state index contributed by atoms with van der Waals surface area (Å²) in [5.74, 6) is 0. The molecule has 0 aromatic carbocycles. The zero-order valence-electron chi connectivity index (χ0n) is 17.7. The molecule has 1 nitrogen and oxygen atoms in total. The molecule has 2 atom stereocenters. The van der Waals surface area contributed by atoms with Crippen LogP contribution >= 0.6 is 0 Å². The van der Waals surface area contributed by atoms with Crippen LogP contribution in [0.2, 0.25) is 0 Å².